The third kappa shape index (κ3) is 4.67. The molecule has 2 aromatic rings. The normalized spacial score (nSPS) is 20.7. The van der Waals surface area contributed by atoms with E-state index in [1.807, 2.05) is 49.4 Å². The van der Waals surface area contributed by atoms with Crippen molar-refractivity contribution in [2.75, 3.05) is 18.4 Å². The van der Waals surface area contributed by atoms with Crippen LogP contribution in [0.1, 0.15) is 30.0 Å². The summed E-state index contributed by atoms with van der Waals surface area (Å²) >= 11 is 6.19. The molecule has 27 heavy (non-hydrogen) atoms. The van der Waals surface area contributed by atoms with E-state index in [9.17, 15) is 9.59 Å². The number of benzene rings is 2. The van der Waals surface area contributed by atoms with Gasteiger partial charge in [0.15, 0.2) is 6.04 Å². The molecule has 2 amide bonds. The highest BCUT2D eigenvalue weighted by molar-refractivity contribution is 6.31. The number of piperidine rings is 1. The van der Waals surface area contributed by atoms with Crippen molar-refractivity contribution in [1.29, 1.82) is 0 Å². The average Bonchev–Trinajstić information content (AvgIpc) is 2.66. The lowest BCUT2D eigenvalue weighted by molar-refractivity contribution is -0.928. The summed E-state index contributed by atoms with van der Waals surface area (Å²) in [5.41, 5.74) is 8.08. The van der Waals surface area contributed by atoms with Crippen LogP contribution in [-0.2, 0) is 9.59 Å². The molecule has 0 saturated carbocycles. The molecule has 1 saturated heterocycles. The van der Waals surface area contributed by atoms with Crippen LogP contribution < -0.4 is 16.0 Å². The number of primary amides is 1. The van der Waals surface area contributed by atoms with Crippen LogP contribution in [0.25, 0.3) is 0 Å². The van der Waals surface area contributed by atoms with Crippen molar-refractivity contribution in [3.8, 4) is 0 Å². The summed E-state index contributed by atoms with van der Waals surface area (Å²) in [4.78, 5) is 25.9. The van der Waals surface area contributed by atoms with E-state index in [-0.39, 0.29) is 17.7 Å². The predicted molar refractivity (Wildman–Crippen MR) is 107 cm³/mol. The molecule has 0 aromatic heterocycles. The van der Waals surface area contributed by atoms with Gasteiger partial charge in [-0.15, -0.1) is 0 Å². The maximum absolute atomic E-state index is 13.2. The Hall–Kier alpha value is -2.37. The highest BCUT2D eigenvalue weighted by Gasteiger charge is 2.37. The van der Waals surface area contributed by atoms with E-state index in [1.54, 1.807) is 6.07 Å². The molecule has 0 aliphatic carbocycles. The molecule has 3 rings (SSSR count). The fourth-order valence-corrected chi connectivity index (χ4v) is 3.88. The topological polar surface area (TPSA) is 76.6 Å². The third-order valence-electron chi connectivity index (χ3n) is 5.20. The number of halogens is 1. The van der Waals surface area contributed by atoms with Crippen molar-refractivity contribution in [2.45, 2.75) is 25.8 Å². The van der Waals surface area contributed by atoms with Gasteiger partial charge in [0, 0.05) is 16.3 Å². The summed E-state index contributed by atoms with van der Waals surface area (Å²) in [5.74, 6) is -0.590. The molecule has 1 unspecified atom stereocenters. The molecule has 1 heterocycles. The SMILES string of the molecule is Cc1ccc(NC(=O)[C@@H](c2ccccc2)[NH+]2CCC[C@H](C(N)=O)C2)cc1Cl. The Morgan fingerprint density at radius 1 is 1.22 bits per heavy atom. The van der Waals surface area contributed by atoms with E-state index in [4.69, 9.17) is 17.3 Å². The van der Waals surface area contributed by atoms with Gasteiger partial charge < -0.3 is 16.0 Å². The Morgan fingerprint density at radius 2 is 1.96 bits per heavy atom. The zero-order valence-electron chi connectivity index (χ0n) is 15.4. The smallest absolute Gasteiger partial charge is 0.287 e. The second kappa shape index (κ2) is 8.55. The molecule has 142 valence electrons. The molecule has 6 heteroatoms. The number of likely N-dealkylation sites (tertiary alicyclic amines) is 1. The number of aryl methyl sites for hydroxylation is 1. The first-order valence-corrected chi connectivity index (χ1v) is 9.59. The number of nitrogens with two attached hydrogens (primary N) is 1. The number of anilines is 1. The molecular formula is C21H25ClN3O2+. The Morgan fingerprint density at radius 3 is 2.63 bits per heavy atom. The summed E-state index contributed by atoms with van der Waals surface area (Å²) < 4.78 is 0. The van der Waals surface area contributed by atoms with Crippen molar-refractivity contribution in [1.82, 2.24) is 0 Å². The fourth-order valence-electron chi connectivity index (χ4n) is 3.70. The maximum Gasteiger partial charge on any atom is 0.287 e. The first kappa shape index (κ1) is 19.4. The van der Waals surface area contributed by atoms with E-state index in [1.165, 1.54) is 0 Å². The minimum Gasteiger partial charge on any atom is -0.369 e. The zero-order chi connectivity index (χ0) is 19.4. The fraction of sp³-hybridized carbons (Fsp3) is 0.333. The second-order valence-electron chi connectivity index (χ2n) is 7.15. The molecule has 4 N–H and O–H groups in total. The average molecular weight is 387 g/mol. The number of hydrogen-bond donors (Lipinski definition) is 3. The Labute approximate surface area is 164 Å². The molecule has 0 spiro atoms. The van der Waals surface area contributed by atoms with Crippen LogP contribution in [0.3, 0.4) is 0 Å². The quantitative estimate of drug-likeness (QED) is 0.736. The molecule has 0 radical (unpaired) electrons. The largest absolute Gasteiger partial charge is 0.369 e. The zero-order valence-corrected chi connectivity index (χ0v) is 16.1. The summed E-state index contributed by atoms with van der Waals surface area (Å²) in [7, 11) is 0. The maximum atomic E-state index is 13.2. The van der Waals surface area contributed by atoms with Crippen molar-refractivity contribution in [3.05, 3.63) is 64.7 Å². The van der Waals surface area contributed by atoms with E-state index in [0.717, 1.165) is 35.4 Å². The number of rotatable bonds is 5. The summed E-state index contributed by atoms with van der Waals surface area (Å²) in [5, 5.41) is 3.60. The monoisotopic (exact) mass is 386 g/mol. The third-order valence-corrected chi connectivity index (χ3v) is 5.61. The minimum absolute atomic E-state index is 0.110. The summed E-state index contributed by atoms with van der Waals surface area (Å²) in [6.07, 6.45) is 1.66. The van der Waals surface area contributed by atoms with Crippen LogP contribution >= 0.6 is 11.6 Å². The van der Waals surface area contributed by atoms with Gasteiger partial charge in [-0.05, 0) is 37.5 Å². The number of hydrogen-bond acceptors (Lipinski definition) is 2. The molecule has 0 bridgehead atoms. The summed E-state index contributed by atoms with van der Waals surface area (Å²) in [6.45, 7) is 3.31. The van der Waals surface area contributed by atoms with Gasteiger partial charge >= 0.3 is 0 Å². The first-order valence-electron chi connectivity index (χ1n) is 9.21. The first-order chi connectivity index (χ1) is 13.0. The van der Waals surface area contributed by atoms with Crippen LogP contribution in [-0.4, -0.2) is 24.9 Å². The van der Waals surface area contributed by atoms with Crippen LogP contribution in [0.5, 0.6) is 0 Å². The number of amides is 2. The standard InChI is InChI=1S/C21H24ClN3O2/c1-14-9-10-17(12-18(14)22)24-21(27)19(15-6-3-2-4-7-15)25-11-5-8-16(13-25)20(23)26/h2-4,6-7,9-10,12,16,19H,5,8,11,13H2,1H3,(H2,23,26)(H,24,27)/p+1/t16-,19+/m0/s1. The van der Waals surface area contributed by atoms with Gasteiger partial charge in [0.2, 0.25) is 5.91 Å². The molecule has 1 fully saturated rings. The highest BCUT2D eigenvalue weighted by Crippen LogP contribution is 2.21. The number of nitrogens with one attached hydrogen (secondary N) is 2. The van der Waals surface area contributed by atoms with E-state index >= 15 is 0 Å². The Kier molecular flexibility index (Phi) is 6.14. The van der Waals surface area contributed by atoms with Gasteiger partial charge in [-0.25, -0.2) is 0 Å². The van der Waals surface area contributed by atoms with Crippen molar-refractivity contribution >= 4 is 29.1 Å². The van der Waals surface area contributed by atoms with Gasteiger partial charge in [-0.1, -0.05) is 48.0 Å². The molecular weight excluding hydrogens is 362 g/mol. The van der Waals surface area contributed by atoms with E-state index < -0.39 is 6.04 Å². The van der Waals surface area contributed by atoms with Crippen LogP contribution in [0.4, 0.5) is 5.69 Å². The van der Waals surface area contributed by atoms with Crippen LogP contribution in [0, 0.1) is 12.8 Å². The second-order valence-corrected chi connectivity index (χ2v) is 7.56. The lowest BCUT2D eigenvalue weighted by Gasteiger charge is -2.33. The Balaban J connectivity index is 1.86. The number of quaternary nitrogens is 1. The van der Waals surface area contributed by atoms with E-state index in [0.29, 0.717) is 17.3 Å². The van der Waals surface area contributed by atoms with Gasteiger partial charge in [0.05, 0.1) is 19.0 Å². The molecule has 1 aliphatic heterocycles. The summed E-state index contributed by atoms with van der Waals surface area (Å²) in [6, 6.07) is 14.8. The molecule has 3 atom stereocenters. The number of carbonyl (C=O) groups is 2. The van der Waals surface area contributed by atoms with Gasteiger partial charge in [-0.2, -0.15) is 0 Å². The molecule has 2 aromatic carbocycles. The molecule has 5 nitrogen and oxygen atoms in total. The highest BCUT2D eigenvalue weighted by atomic mass is 35.5. The van der Waals surface area contributed by atoms with Crippen LogP contribution in [0.15, 0.2) is 48.5 Å². The van der Waals surface area contributed by atoms with E-state index in [2.05, 4.69) is 5.32 Å². The van der Waals surface area contributed by atoms with Crippen molar-refractivity contribution in [2.24, 2.45) is 11.7 Å². The van der Waals surface area contributed by atoms with Gasteiger partial charge in [0.1, 0.15) is 0 Å². The number of carbonyl (C=O) groups excluding carboxylic acids is 2. The minimum atomic E-state index is -0.409. The van der Waals surface area contributed by atoms with Crippen molar-refractivity contribution < 1.29 is 14.5 Å². The lowest BCUT2D eigenvalue weighted by atomic mass is 9.94. The van der Waals surface area contributed by atoms with Crippen molar-refractivity contribution in [3.63, 3.8) is 0 Å². The lowest BCUT2D eigenvalue weighted by Crippen LogP contribution is -3.15. The molecule has 1 aliphatic rings. The van der Waals surface area contributed by atoms with Gasteiger partial charge in [0.25, 0.3) is 5.91 Å². The Bertz CT molecular complexity index is 825. The van der Waals surface area contributed by atoms with Gasteiger partial charge in [-0.3, -0.25) is 9.59 Å². The van der Waals surface area contributed by atoms with Crippen LogP contribution in [0.2, 0.25) is 5.02 Å². The predicted octanol–water partition coefficient (Wildman–Crippen LogP) is 2.11.